The number of carbonyl (C=O) groups is 1. The van der Waals surface area contributed by atoms with Gasteiger partial charge in [-0.1, -0.05) is 6.92 Å². The fraction of sp³-hybridized carbons (Fsp3) is 0.538. The first-order chi connectivity index (χ1) is 8.97. The molecule has 1 aliphatic heterocycles. The predicted octanol–water partition coefficient (Wildman–Crippen LogP) is 0.790. The van der Waals surface area contributed by atoms with Crippen LogP contribution in [0.4, 0.5) is 0 Å². The lowest BCUT2D eigenvalue weighted by Gasteiger charge is -2.15. The van der Waals surface area contributed by atoms with Crippen molar-refractivity contribution in [2.24, 2.45) is 11.1 Å². The summed E-state index contributed by atoms with van der Waals surface area (Å²) in [6.45, 7) is 3.61. The summed E-state index contributed by atoms with van der Waals surface area (Å²) in [5, 5.41) is 15.5. The molecular weight excluding hydrogens is 260 g/mol. The predicted molar refractivity (Wildman–Crippen MR) is 75.3 cm³/mol. The average Bonchev–Trinajstić information content (AvgIpc) is 2.72. The number of fused-ring (bicyclic) bond motifs is 1. The highest BCUT2D eigenvalue weighted by Gasteiger charge is 2.71. The minimum absolute atomic E-state index is 0.0691. The van der Waals surface area contributed by atoms with E-state index < -0.39 is 0 Å². The largest absolute Gasteiger partial charge is 0.384 e. The zero-order valence-corrected chi connectivity index (χ0v) is 11.7. The molecule has 3 rings (SSSR count). The third-order valence-corrected chi connectivity index (χ3v) is 5.38. The van der Waals surface area contributed by atoms with Crippen LogP contribution < -0.4 is 16.4 Å². The first kappa shape index (κ1) is 12.6. The van der Waals surface area contributed by atoms with Crippen LogP contribution >= 0.6 is 11.3 Å². The zero-order chi connectivity index (χ0) is 13.7. The molecule has 1 amide bonds. The first-order valence-corrected chi connectivity index (χ1v) is 7.30. The van der Waals surface area contributed by atoms with E-state index in [-0.39, 0.29) is 22.7 Å². The molecular formula is C13H18N4OS. The number of hydrogen-bond donors (Lipinski definition) is 4. The third-order valence-electron chi connectivity index (χ3n) is 4.44. The SMILES string of the molecule is CC12CCNC1(C(=O)NCc1cc(C(=N)N)cs1)C2. The van der Waals surface area contributed by atoms with Crippen molar-refractivity contribution in [2.45, 2.75) is 31.8 Å². The lowest BCUT2D eigenvalue weighted by Crippen LogP contribution is -2.45. The van der Waals surface area contributed by atoms with Gasteiger partial charge in [0, 0.05) is 15.8 Å². The molecule has 2 atom stereocenters. The van der Waals surface area contributed by atoms with E-state index in [1.54, 1.807) is 0 Å². The molecule has 0 aromatic carbocycles. The Kier molecular flexibility index (Phi) is 2.69. The summed E-state index contributed by atoms with van der Waals surface area (Å²) in [6.07, 6.45) is 2.02. The molecule has 0 spiro atoms. The van der Waals surface area contributed by atoms with Crippen LogP contribution in [0.3, 0.4) is 0 Å². The van der Waals surface area contributed by atoms with Crippen molar-refractivity contribution in [2.75, 3.05) is 6.54 Å². The van der Waals surface area contributed by atoms with Gasteiger partial charge in [0.05, 0.1) is 6.54 Å². The number of carbonyl (C=O) groups excluding carboxylic acids is 1. The number of rotatable bonds is 4. The van der Waals surface area contributed by atoms with Gasteiger partial charge in [0.1, 0.15) is 11.4 Å². The second-order valence-corrected chi connectivity index (χ2v) is 6.71. The maximum Gasteiger partial charge on any atom is 0.241 e. The molecule has 2 heterocycles. The van der Waals surface area contributed by atoms with E-state index in [1.165, 1.54) is 11.3 Å². The summed E-state index contributed by atoms with van der Waals surface area (Å²) >= 11 is 1.52. The van der Waals surface area contributed by atoms with Crippen molar-refractivity contribution in [1.82, 2.24) is 10.6 Å². The van der Waals surface area contributed by atoms with Crippen LogP contribution in [0, 0.1) is 10.8 Å². The lowest BCUT2D eigenvalue weighted by molar-refractivity contribution is -0.124. The van der Waals surface area contributed by atoms with E-state index in [2.05, 4.69) is 17.6 Å². The van der Waals surface area contributed by atoms with Gasteiger partial charge in [0.2, 0.25) is 5.91 Å². The Morgan fingerprint density at radius 1 is 1.68 bits per heavy atom. The summed E-state index contributed by atoms with van der Waals surface area (Å²) in [4.78, 5) is 13.3. The van der Waals surface area contributed by atoms with Crippen LogP contribution in [0.2, 0.25) is 0 Å². The van der Waals surface area contributed by atoms with Gasteiger partial charge in [-0.3, -0.25) is 10.2 Å². The lowest BCUT2D eigenvalue weighted by atomic mass is 10.0. The number of hydrogen-bond acceptors (Lipinski definition) is 4. The van der Waals surface area contributed by atoms with E-state index in [0.717, 1.165) is 29.8 Å². The molecule has 1 aromatic heterocycles. The topological polar surface area (TPSA) is 91.0 Å². The smallest absolute Gasteiger partial charge is 0.241 e. The maximum atomic E-state index is 12.3. The number of thiophene rings is 1. The molecule has 1 aromatic rings. The van der Waals surface area contributed by atoms with Crippen molar-refractivity contribution < 1.29 is 4.79 Å². The number of nitrogen functional groups attached to an aromatic ring is 1. The van der Waals surface area contributed by atoms with Gasteiger partial charge >= 0.3 is 0 Å². The highest BCUT2D eigenvalue weighted by Crippen LogP contribution is 2.61. The molecule has 5 nitrogen and oxygen atoms in total. The quantitative estimate of drug-likeness (QED) is 0.485. The molecule has 2 fully saturated rings. The monoisotopic (exact) mass is 278 g/mol. The van der Waals surface area contributed by atoms with Crippen molar-refractivity contribution in [3.05, 3.63) is 21.9 Å². The average molecular weight is 278 g/mol. The fourth-order valence-electron chi connectivity index (χ4n) is 3.04. The van der Waals surface area contributed by atoms with Crippen molar-refractivity contribution in [3.63, 3.8) is 0 Å². The summed E-state index contributed by atoms with van der Waals surface area (Å²) in [6, 6.07) is 1.86. The number of piperidine rings is 1. The Labute approximate surface area is 116 Å². The van der Waals surface area contributed by atoms with E-state index in [9.17, 15) is 4.79 Å². The molecule has 2 aliphatic rings. The Morgan fingerprint density at radius 2 is 2.47 bits per heavy atom. The normalized spacial score (nSPS) is 31.8. The molecule has 2 unspecified atom stereocenters. The van der Waals surface area contributed by atoms with Gasteiger partial charge in [-0.25, -0.2) is 0 Å². The van der Waals surface area contributed by atoms with Crippen LogP contribution in [0.1, 0.15) is 30.2 Å². The van der Waals surface area contributed by atoms with Crippen molar-refractivity contribution >= 4 is 23.1 Å². The summed E-state index contributed by atoms with van der Waals surface area (Å²) < 4.78 is 0. The third kappa shape index (κ3) is 1.86. The van der Waals surface area contributed by atoms with Gasteiger partial charge in [-0.05, 0) is 30.9 Å². The number of nitrogens with two attached hydrogens (primary N) is 1. The number of amidine groups is 1. The molecule has 5 N–H and O–H groups in total. The van der Waals surface area contributed by atoms with Crippen LogP contribution in [0.15, 0.2) is 11.4 Å². The highest BCUT2D eigenvalue weighted by atomic mass is 32.1. The summed E-state index contributed by atoms with van der Waals surface area (Å²) in [7, 11) is 0. The molecule has 102 valence electrons. The Balaban J connectivity index is 1.61. The van der Waals surface area contributed by atoms with Gasteiger partial charge in [-0.2, -0.15) is 0 Å². The van der Waals surface area contributed by atoms with Crippen LogP contribution in [0.5, 0.6) is 0 Å². The Morgan fingerprint density at radius 3 is 3.00 bits per heavy atom. The van der Waals surface area contributed by atoms with Crippen molar-refractivity contribution in [1.29, 1.82) is 5.41 Å². The second kappa shape index (κ2) is 4.05. The molecule has 19 heavy (non-hydrogen) atoms. The standard InChI is InChI=1S/C13H18N4OS/c1-12-2-3-17-13(12,7-12)11(18)16-5-9-4-8(6-19-9)10(14)15/h4,6,17H,2-3,5,7H2,1H3,(H3,14,15)(H,16,18). The molecule has 0 radical (unpaired) electrons. The van der Waals surface area contributed by atoms with Gasteiger partial charge in [0.15, 0.2) is 0 Å². The molecule has 1 aliphatic carbocycles. The molecule has 0 bridgehead atoms. The zero-order valence-electron chi connectivity index (χ0n) is 10.9. The van der Waals surface area contributed by atoms with Gasteiger partial charge in [0.25, 0.3) is 0 Å². The fourth-order valence-corrected chi connectivity index (χ4v) is 3.86. The van der Waals surface area contributed by atoms with E-state index >= 15 is 0 Å². The second-order valence-electron chi connectivity index (χ2n) is 5.72. The minimum atomic E-state index is -0.326. The van der Waals surface area contributed by atoms with Gasteiger partial charge < -0.3 is 16.4 Å². The summed E-state index contributed by atoms with van der Waals surface area (Å²) in [5.74, 6) is 0.171. The maximum absolute atomic E-state index is 12.3. The number of nitrogens with one attached hydrogen (secondary N) is 3. The Bertz CT molecular complexity index is 551. The van der Waals surface area contributed by atoms with Crippen LogP contribution in [0.25, 0.3) is 0 Å². The molecule has 6 heteroatoms. The molecule has 1 saturated heterocycles. The van der Waals surface area contributed by atoms with E-state index in [4.69, 9.17) is 11.1 Å². The minimum Gasteiger partial charge on any atom is -0.384 e. The first-order valence-electron chi connectivity index (χ1n) is 6.42. The van der Waals surface area contributed by atoms with E-state index in [1.807, 2.05) is 11.4 Å². The van der Waals surface area contributed by atoms with Crippen molar-refractivity contribution in [3.8, 4) is 0 Å². The summed E-state index contributed by atoms with van der Waals surface area (Å²) in [5.41, 5.74) is 5.97. The van der Waals surface area contributed by atoms with Gasteiger partial charge in [-0.15, -0.1) is 11.3 Å². The number of amides is 1. The molecule has 1 saturated carbocycles. The van der Waals surface area contributed by atoms with Crippen LogP contribution in [-0.4, -0.2) is 23.8 Å². The Hall–Kier alpha value is -1.40. The van der Waals surface area contributed by atoms with E-state index in [0.29, 0.717) is 6.54 Å². The highest BCUT2D eigenvalue weighted by molar-refractivity contribution is 7.10. The van der Waals surface area contributed by atoms with Crippen LogP contribution in [-0.2, 0) is 11.3 Å².